The Hall–Kier alpha value is -2.78. The van der Waals surface area contributed by atoms with Gasteiger partial charge in [-0.15, -0.1) is 0 Å². The molecule has 0 fully saturated rings. The zero-order chi connectivity index (χ0) is 20.0. The molecule has 0 bridgehead atoms. The summed E-state index contributed by atoms with van der Waals surface area (Å²) >= 11 is 0. The highest BCUT2D eigenvalue weighted by molar-refractivity contribution is 7.89. The number of imidazole rings is 1. The van der Waals surface area contributed by atoms with E-state index in [0.717, 1.165) is 36.1 Å². The van der Waals surface area contributed by atoms with Gasteiger partial charge in [-0.05, 0) is 42.8 Å². The molecule has 0 saturated heterocycles. The second-order valence-corrected chi connectivity index (χ2v) is 8.00. The Bertz CT molecular complexity index is 1050. The van der Waals surface area contributed by atoms with Crippen LogP contribution in [0.5, 0.6) is 0 Å². The summed E-state index contributed by atoms with van der Waals surface area (Å²) < 4.78 is 41.3. The van der Waals surface area contributed by atoms with Gasteiger partial charge < -0.3 is 9.88 Å². The zero-order valence-corrected chi connectivity index (χ0v) is 16.0. The maximum Gasteiger partial charge on any atom is 0.240 e. The predicted molar refractivity (Wildman–Crippen MR) is 104 cm³/mol. The normalized spacial score (nSPS) is 11.6. The molecular formula is C19H21FN4O3S. The average molecular weight is 404 g/mol. The van der Waals surface area contributed by atoms with Crippen molar-refractivity contribution in [3.05, 3.63) is 60.7 Å². The fourth-order valence-corrected chi connectivity index (χ4v) is 3.78. The van der Waals surface area contributed by atoms with Crippen molar-refractivity contribution in [3.8, 4) is 0 Å². The minimum Gasteiger partial charge on any atom is -0.356 e. The number of benzene rings is 2. The summed E-state index contributed by atoms with van der Waals surface area (Å²) in [5, 5.41) is 2.77. The molecule has 0 aliphatic rings. The Kier molecular flexibility index (Phi) is 6.37. The highest BCUT2D eigenvalue weighted by atomic mass is 32.2. The molecule has 7 nitrogen and oxygen atoms in total. The zero-order valence-electron chi connectivity index (χ0n) is 15.1. The summed E-state index contributed by atoms with van der Waals surface area (Å²) in [6.45, 7) is 1.17. The molecule has 0 saturated carbocycles. The van der Waals surface area contributed by atoms with Crippen molar-refractivity contribution >= 4 is 27.0 Å². The van der Waals surface area contributed by atoms with E-state index >= 15 is 0 Å². The van der Waals surface area contributed by atoms with Gasteiger partial charge in [0.05, 0.1) is 22.3 Å². The fraction of sp³-hybridized carbons (Fsp3) is 0.263. The highest BCUT2D eigenvalue weighted by Crippen LogP contribution is 2.12. The smallest absolute Gasteiger partial charge is 0.240 e. The number of hydrogen-bond donors (Lipinski definition) is 2. The largest absolute Gasteiger partial charge is 0.356 e. The molecule has 1 amide bonds. The number of carbonyl (C=O) groups excluding carboxylic acids is 1. The second-order valence-electron chi connectivity index (χ2n) is 6.23. The standard InChI is InChI=1S/C19H21FN4O3S/c20-15-6-8-16(9-7-15)28(26,27)23-12-10-19(25)21-11-3-13-24-14-22-17-4-1-2-5-18(17)24/h1-2,4-9,14,23H,3,10-13H2,(H,21,25). The van der Waals surface area contributed by atoms with Crippen LogP contribution in [0.25, 0.3) is 11.0 Å². The van der Waals surface area contributed by atoms with E-state index < -0.39 is 15.8 Å². The van der Waals surface area contributed by atoms with E-state index in [1.807, 2.05) is 28.8 Å². The van der Waals surface area contributed by atoms with Gasteiger partial charge in [0.25, 0.3) is 0 Å². The van der Waals surface area contributed by atoms with E-state index in [-0.39, 0.29) is 23.8 Å². The SMILES string of the molecule is O=C(CCNS(=O)(=O)c1ccc(F)cc1)NCCCn1cnc2ccccc21. The summed E-state index contributed by atoms with van der Waals surface area (Å²) in [5.41, 5.74) is 1.98. The molecule has 28 heavy (non-hydrogen) atoms. The predicted octanol–water partition coefficient (Wildman–Crippen LogP) is 2.05. The molecule has 1 aromatic heterocycles. The van der Waals surface area contributed by atoms with E-state index in [0.29, 0.717) is 6.54 Å². The van der Waals surface area contributed by atoms with Crippen molar-refractivity contribution in [1.82, 2.24) is 19.6 Å². The van der Waals surface area contributed by atoms with Crippen LogP contribution in [0.15, 0.2) is 59.8 Å². The minimum atomic E-state index is -3.76. The number of fused-ring (bicyclic) bond motifs is 1. The molecule has 2 aromatic carbocycles. The van der Waals surface area contributed by atoms with E-state index in [9.17, 15) is 17.6 Å². The molecule has 0 aliphatic heterocycles. The molecule has 0 spiro atoms. The lowest BCUT2D eigenvalue weighted by Gasteiger charge is -2.08. The molecular weight excluding hydrogens is 383 g/mol. The fourth-order valence-electron chi connectivity index (χ4n) is 2.75. The van der Waals surface area contributed by atoms with Crippen LogP contribution in [0, 0.1) is 5.82 Å². The Labute approximate surface area is 162 Å². The van der Waals surface area contributed by atoms with Gasteiger partial charge in [0.2, 0.25) is 15.9 Å². The van der Waals surface area contributed by atoms with Crippen molar-refractivity contribution in [2.45, 2.75) is 24.3 Å². The van der Waals surface area contributed by atoms with Crippen molar-refractivity contribution in [3.63, 3.8) is 0 Å². The summed E-state index contributed by atoms with van der Waals surface area (Å²) in [7, 11) is -3.76. The number of hydrogen-bond acceptors (Lipinski definition) is 4. The first-order valence-electron chi connectivity index (χ1n) is 8.87. The van der Waals surface area contributed by atoms with Gasteiger partial charge in [-0.3, -0.25) is 4.79 Å². The number of sulfonamides is 1. The molecule has 3 aromatic rings. The van der Waals surface area contributed by atoms with Crippen LogP contribution in [-0.4, -0.2) is 37.0 Å². The van der Waals surface area contributed by atoms with Gasteiger partial charge >= 0.3 is 0 Å². The first kappa shape index (κ1) is 20.0. The maximum absolute atomic E-state index is 12.9. The van der Waals surface area contributed by atoms with E-state index in [2.05, 4.69) is 15.0 Å². The Balaban J connectivity index is 1.37. The number of carbonyl (C=O) groups is 1. The molecule has 0 radical (unpaired) electrons. The minimum absolute atomic E-state index is 0.0223. The molecule has 2 N–H and O–H groups in total. The van der Waals surface area contributed by atoms with Crippen molar-refractivity contribution in [2.75, 3.05) is 13.1 Å². The molecule has 1 heterocycles. The molecule has 0 unspecified atom stereocenters. The van der Waals surface area contributed by atoms with E-state index in [1.54, 1.807) is 6.33 Å². The number of amides is 1. The summed E-state index contributed by atoms with van der Waals surface area (Å²) in [4.78, 5) is 16.1. The number of rotatable bonds is 9. The molecule has 9 heteroatoms. The number of aromatic nitrogens is 2. The van der Waals surface area contributed by atoms with E-state index in [4.69, 9.17) is 0 Å². The van der Waals surface area contributed by atoms with Crippen molar-refractivity contribution in [1.29, 1.82) is 0 Å². The van der Waals surface area contributed by atoms with Crippen LogP contribution in [0.1, 0.15) is 12.8 Å². The van der Waals surface area contributed by atoms with Gasteiger partial charge in [-0.25, -0.2) is 22.5 Å². The number of para-hydroxylation sites is 2. The third kappa shape index (κ3) is 5.14. The summed E-state index contributed by atoms with van der Waals surface area (Å²) in [6.07, 6.45) is 2.53. The molecule has 3 rings (SSSR count). The lowest BCUT2D eigenvalue weighted by atomic mass is 10.3. The monoisotopic (exact) mass is 404 g/mol. The number of nitrogens with one attached hydrogen (secondary N) is 2. The Morgan fingerprint density at radius 1 is 1.07 bits per heavy atom. The number of aryl methyl sites for hydroxylation is 1. The van der Waals surface area contributed by atoms with Gasteiger partial charge in [0.15, 0.2) is 0 Å². The van der Waals surface area contributed by atoms with Gasteiger partial charge in [0.1, 0.15) is 5.82 Å². The average Bonchev–Trinajstić information content (AvgIpc) is 3.09. The van der Waals surface area contributed by atoms with Crippen molar-refractivity contribution < 1.29 is 17.6 Å². The van der Waals surface area contributed by atoms with Crippen LogP contribution in [0.3, 0.4) is 0 Å². The second kappa shape index (κ2) is 8.94. The number of halogens is 1. The van der Waals surface area contributed by atoms with Crippen LogP contribution >= 0.6 is 0 Å². The third-order valence-electron chi connectivity index (χ3n) is 4.19. The summed E-state index contributed by atoms with van der Waals surface area (Å²) in [6, 6.07) is 12.3. The number of nitrogens with zero attached hydrogens (tertiary/aromatic N) is 2. The maximum atomic E-state index is 12.9. The Morgan fingerprint density at radius 3 is 2.61 bits per heavy atom. The topological polar surface area (TPSA) is 93.1 Å². The van der Waals surface area contributed by atoms with Crippen LogP contribution < -0.4 is 10.0 Å². The highest BCUT2D eigenvalue weighted by Gasteiger charge is 2.14. The van der Waals surface area contributed by atoms with Crippen LogP contribution in [0.4, 0.5) is 4.39 Å². The van der Waals surface area contributed by atoms with Crippen molar-refractivity contribution in [2.24, 2.45) is 0 Å². The summed E-state index contributed by atoms with van der Waals surface area (Å²) in [5.74, 6) is -0.751. The molecule has 0 atom stereocenters. The van der Waals surface area contributed by atoms with Gasteiger partial charge in [-0.2, -0.15) is 0 Å². The molecule has 148 valence electrons. The first-order chi connectivity index (χ1) is 13.5. The quantitative estimate of drug-likeness (QED) is 0.534. The lowest BCUT2D eigenvalue weighted by molar-refractivity contribution is -0.120. The Morgan fingerprint density at radius 2 is 1.82 bits per heavy atom. The van der Waals surface area contributed by atoms with Gasteiger partial charge in [-0.1, -0.05) is 12.1 Å². The first-order valence-corrected chi connectivity index (χ1v) is 10.4. The molecule has 0 aliphatic carbocycles. The van der Waals surface area contributed by atoms with Gasteiger partial charge in [0, 0.05) is 26.1 Å². The third-order valence-corrected chi connectivity index (χ3v) is 5.67. The van der Waals surface area contributed by atoms with Crippen LogP contribution in [0.2, 0.25) is 0 Å². The van der Waals surface area contributed by atoms with E-state index in [1.165, 1.54) is 12.1 Å². The van der Waals surface area contributed by atoms with Crippen LogP contribution in [-0.2, 0) is 21.4 Å². The lowest BCUT2D eigenvalue weighted by Crippen LogP contribution is -2.31.